The molecule has 0 fully saturated rings. The summed E-state index contributed by atoms with van der Waals surface area (Å²) in [6, 6.07) is 10.3. The first-order valence-corrected chi connectivity index (χ1v) is 14.7. The number of sulfonamides is 1. The van der Waals surface area contributed by atoms with E-state index < -0.39 is 33.5 Å². The molecule has 0 bridgehead atoms. The highest BCUT2D eigenvalue weighted by molar-refractivity contribution is 8.00. The van der Waals surface area contributed by atoms with E-state index in [1.165, 1.54) is 30.0 Å². The molecule has 0 radical (unpaired) electrons. The van der Waals surface area contributed by atoms with Crippen LogP contribution in [0.3, 0.4) is 0 Å². The van der Waals surface area contributed by atoms with Gasteiger partial charge in [0, 0.05) is 17.7 Å². The molecule has 0 spiro atoms. The van der Waals surface area contributed by atoms with Crippen molar-refractivity contribution < 1.29 is 32.6 Å². The van der Waals surface area contributed by atoms with Gasteiger partial charge in [-0.05, 0) is 44.6 Å². The normalized spacial score (nSPS) is 15.4. The van der Waals surface area contributed by atoms with Crippen molar-refractivity contribution in [3.63, 3.8) is 0 Å². The summed E-state index contributed by atoms with van der Waals surface area (Å²) in [4.78, 5) is 35.4. The van der Waals surface area contributed by atoms with Crippen molar-refractivity contribution >= 4 is 57.0 Å². The Morgan fingerprint density at radius 1 is 1.18 bits per heavy atom. The van der Waals surface area contributed by atoms with Gasteiger partial charge in [-0.3, -0.25) is 9.59 Å². The van der Waals surface area contributed by atoms with Crippen molar-refractivity contribution in [2.75, 3.05) is 49.5 Å². The van der Waals surface area contributed by atoms with Gasteiger partial charge < -0.3 is 35.5 Å². The van der Waals surface area contributed by atoms with Gasteiger partial charge in [-0.25, -0.2) is 13.1 Å². The van der Waals surface area contributed by atoms with E-state index >= 15 is 0 Å². The molecule has 5 N–H and O–H groups in total. The minimum Gasteiger partial charge on any atom is -0.492 e. The van der Waals surface area contributed by atoms with Crippen LogP contribution >= 0.6 is 11.8 Å². The molecule has 2 atom stereocenters. The second kappa shape index (κ2) is 12.7. The van der Waals surface area contributed by atoms with E-state index in [9.17, 15) is 22.8 Å². The number of rotatable bonds is 14. The monoisotopic (exact) mass is 579 g/mol. The summed E-state index contributed by atoms with van der Waals surface area (Å²) in [5.74, 6) is -1.91. The van der Waals surface area contributed by atoms with Gasteiger partial charge in [-0.15, -0.1) is 11.8 Å². The molecule has 0 saturated heterocycles. The number of aldehydes is 1. The first kappa shape index (κ1) is 30.2. The van der Waals surface area contributed by atoms with E-state index in [2.05, 4.69) is 20.7 Å². The van der Waals surface area contributed by atoms with Gasteiger partial charge in [0.15, 0.2) is 4.99 Å². The van der Waals surface area contributed by atoms with Gasteiger partial charge in [0.25, 0.3) is 0 Å². The largest absolute Gasteiger partial charge is 0.492 e. The minimum absolute atomic E-state index is 0.0660. The molecule has 14 heteroatoms. The van der Waals surface area contributed by atoms with Crippen LogP contribution in [0.15, 0.2) is 47.4 Å². The van der Waals surface area contributed by atoms with E-state index in [1.807, 2.05) is 37.4 Å². The summed E-state index contributed by atoms with van der Waals surface area (Å²) in [6.07, 6.45) is 1.44. The van der Waals surface area contributed by atoms with E-state index in [4.69, 9.17) is 9.84 Å². The molecule has 1 aliphatic rings. The lowest BCUT2D eigenvalue weighted by Crippen LogP contribution is -2.46. The molecule has 0 saturated carbocycles. The average molecular weight is 580 g/mol. The fraction of sp³-hybridized carbons (Fsp3) is 0.400. The van der Waals surface area contributed by atoms with Gasteiger partial charge in [0.05, 0.1) is 37.0 Å². The lowest BCUT2D eigenvalue weighted by atomic mass is 10.1. The van der Waals surface area contributed by atoms with Gasteiger partial charge in [0.1, 0.15) is 16.9 Å². The number of hydrogen-bond acceptors (Lipinski definition) is 10. The second-order valence-electron chi connectivity index (χ2n) is 9.36. The number of nitrogens with zero attached hydrogens (tertiary/aromatic N) is 1. The summed E-state index contributed by atoms with van der Waals surface area (Å²) in [6.45, 7) is 2.12. The van der Waals surface area contributed by atoms with Crippen LogP contribution in [0.1, 0.15) is 13.3 Å². The highest BCUT2D eigenvalue weighted by Crippen LogP contribution is 2.43. The SMILES string of the molecule is CSC1(C(C)COc2cc(NC(=O)CN(C)C)ccc2S(=O)(=O)N[C@H](C=O)CC(=O)O)Nc2ccccc2N1. The fourth-order valence-electron chi connectivity index (χ4n) is 3.99. The zero-order valence-electron chi connectivity index (χ0n) is 22.1. The fourth-order valence-corrected chi connectivity index (χ4v) is 6.18. The lowest BCUT2D eigenvalue weighted by molar-refractivity contribution is -0.138. The number of carbonyl (C=O) groups excluding carboxylic acids is 2. The second-order valence-corrected chi connectivity index (χ2v) is 12.1. The Morgan fingerprint density at radius 3 is 2.36 bits per heavy atom. The molecule has 1 heterocycles. The van der Waals surface area contributed by atoms with Crippen molar-refractivity contribution in [1.82, 2.24) is 9.62 Å². The van der Waals surface area contributed by atoms with Gasteiger partial charge in [-0.2, -0.15) is 0 Å². The summed E-state index contributed by atoms with van der Waals surface area (Å²) in [7, 11) is -0.894. The molecular weight excluding hydrogens is 546 g/mol. The topological polar surface area (TPSA) is 166 Å². The zero-order valence-corrected chi connectivity index (χ0v) is 23.7. The molecule has 1 aliphatic heterocycles. The maximum Gasteiger partial charge on any atom is 0.305 e. The summed E-state index contributed by atoms with van der Waals surface area (Å²) in [5, 5.41) is 18.7. The number of nitrogens with one attached hydrogen (secondary N) is 4. The Hall–Kier alpha value is -3.33. The summed E-state index contributed by atoms with van der Waals surface area (Å²) in [5.41, 5.74) is 2.16. The minimum atomic E-state index is -4.37. The molecule has 3 rings (SSSR count). The van der Waals surface area contributed by atoms with Crippen LogP contribution in [0.4, 0.5) is 17.1 Å². The molecule has 12 nitrogen and oxygen atoms in total. The van der Waals surface area contributed by atoms with E-state index in [1.54, 1.807) is 19.0 Å². The summed E-state index contributed by atoms with van der Waals surface area (Å²) >= 11 is 1.53. The first-order valence-electron chi connectivity index (χ1n) is 12.0. The van der Waals surface area contributed by atoms with E-state index in [-0.39, 0.29) is 41.9 Å². The number of hydrogen-bond donors (Lipinski definition) is 5. The number of carboxylic acids is 1. The van der Waals surface area contributed by atoms with Crippen molar-refractivity contribution in [3.8, 4) is 5.75 Å². The molecule has 39 heavy (non-hydrogen) atoms. The number of para-hydroxylation sites is 2. The molecule has 0 aliphatic carbocycles. The number of amides is 1. The average Bonchev–Trinajstić information content (AvgIpc) is 3.26. The van der Waals surface area contributed by atoms with Crippen LogP contribution in [-0.2, 0) is 24.4 Å². The van der Waals surface area contributed by atoms with Crippen LogP contribution in [-0.4, -0.2) is 81.1 Å². The number of likely N-dealkylation sites (N-methyl/N-ethyl adjacent to an activating group) is 1. The smallest absolute Gasteiger partial charge is 0.305 e. The number of benzene rings is 2. The molecule has 2 aromatic carbocycles. The maximum atomic E-state index is 13.2. The molecule has 2 aromatic rings. The van der Waals surface area contributed by atoms with Crippen LogP contribution in [0.25, 0.3) is 0 Å². The number of carbonyl (C=O) groups is 3. The Bertz CT molecular complexity index is 1290. The molecule has 212 valence electrons. The van der Waals surface area contributed by atoms with Crippen LogP contribution in [0.2, 0.25) is 0 Å². The molecule has 1 unspecified atom stereocenters. The zero-order chi connectivity index (χ0) is 28.8. The highest BCUT2D eigenvalue weighted by atomic mass is 32.2. The summed E-state index contributed by atoms with van der Waals surface area (Å²) < 4.78 is 34.5. The molecule has 1 amide bonds. The lowest BCUT2D eigenvalue weighted by Gasteiger charge is -2.35. The molecule has 0 aromatic heterocycles. The maximum absolute atomic E-state index is 13.2. The van der Waals surface area contributed by atoms with Crippen molar-refractivity contribution in [1.29, 1.82) is 0 Å². The van der Waals surface area contributed by atoms with Crippen molar-refractivity contribution in [2.45, 2.75) is 29.3 Å². The number of aliphatic carboxylic acids is 1. The third-order valence-electron chi connectivity index (χ3n) is 5.91. The third-order valence-corrected chi connectivity index (χ3v) is 8.69. The predicted molar refractivity (Wildman–Crippen MR) is 151 cm³/mol. The number of thioether (sulfide) groups is 1. The van der Waals surface area contributed by atoms with Gasteiger partial charge >= 0.3 is 5.97 Å². The number of ether oxygens (including phenoxy) is 1. The number of fused-ring (bicyclic) bond motifs is 1. The van der Waals surface area contributed by atoms with Gasteiger partial charge in [-0.1, -0.05) is 19.1 Å². The Balaban J connectivity index is 1.88. The van der Waals surface area contributed by atoms with Crippen LogP contribution in [0.5, 0.6) is 5.75 Å². The first-order chi connectivity index (χ1) is 18.4. The number of carboxylic acid groups (broad SMARTS) is 1. The third kappa shape index (κ3) is 7.62. The van der Waals surface area contributed by atoms with Crippen molar-refractivity contribution in [3.05, 3.63) is 42.5 Å². The highest BCUT2D eigenvalue weighted by Gasteiger charge is 2.41. The standard InChI is InChI=1S/C25H33N5O7S2/c1-16(25(38-4)27-19-7-5-6-8-20(19)28-25)15-37-21-11-17(26-23(32)13-30(2)3)9-10-22(21)39(35,36)29-18(14-31)12-24(33)34/h5-11,14,16,18,27-29H,12-13,15H2,1-4H3,(H,26,32)(H,33,34)/t16?,18-/m0/s1. The number of anilines is 3. The Kier molecular flexibility index (Phi) is 9.83. The van der Waals surface area contributed by atoms with Crippen LogP contribution < -0.4 is 25.4 Å². The molecular formula is C25H33N5O7S2. The van der Waals surface area contributed by atoms with Gasteiger partial charge in [0.2, 0.25) is 15.9 Å². The predicted octanol–water partition coefficient (Wildman–Crippen LogP) is 2.08. The van der Waals surface area contributed by atoms with Crippen molar-refractivity contribution in [2.24, 2.45) is 5.92 Å². The Morgan fingerprint density at radius 2 is 1.82 bits per heavy atom. The van der Waals surface area contributed by atoms with E-state index in [0.717, 1.165) is 11.4 Å². The van der Waals surface area contributed by atoms with E-state index in [0.29, 0.717) is 5.69 Å². The Labute approximate surface area is 231 Å². The quantitative estimate of drug-likeness (QED) is 0.208. The van der Waals surface area contributed by atoms with Crippen LogP contribution in [0, 0.1) is 5.92 Å².